The van der Waals surface area contributed by atoms with Crippen LogP contribution in [0.15, 0.2) is 77.6 Å². The predicted molar refractivity (Wildman–Crippen MR) is 109 cm³/mol. The molecule has 3 aromatic carbocycles. The number of benzene rings is 3. The third-order valence-electron chi connectivity index (χ3n) is 4.41. The predicted octanol–water partition coefficient (Wildman–Crippen LogP) is 4.57. The molecule has 0 aliphatic rings. The number of rotatable bonds is 3. The summed E-state index contributed by atoms with van der Waals surface area (Å²) in [6, 6.07) is 22.0. The van der Waals surface area contributed by atoms with Crippen molar-refractivity contribution in [1.82, 2.24) is 9.55 Å². The third kappa shape index (κ3) is 3.37. The van der Waals surface area contributed by atoms with Crippen LogP contribution in [-0.2, 0) is 0 Å². The van der Waals surface area contributed by atoms with Gasteiger partial charge in [0.05, 0.1) is 16.6 Å². The summed E-state index contributed by atoms with van der Waals surface area (Å²) in [5, 5.41) is 10.0. The quantitative estimate of drug-likeness (QED) is 0.586. The molecule has 0 bridgehead atoms. The van der Waals surface area contributed by atoms with Crippen LogP contribution in [0.2, 0.25) is 0 Å². The van der Waals surface area contributed by atoms with Crippen LogP contribution in [0, 0.1) is 6.92 Å². The Balaban J connectivity index is 1.92. The van der Waals surface area contributed by atoms with Crippen molar-refractivity contribution in [1.29, 1.82) is 0 Å². The second-order valence-electron chi connectivity index (χ2n) is 6.39. The van der Waals surface area contributed by atoms with Gasteiger partial charge < -0.3 is 5.11 Å². The first-order chi connectivity index (χ1) is 13.1. The summed E-state index contributed by atoms with van der Waals surface area (Å²) in [6.07, 6.45) is 3.70. The molecule has 0 aliphatic heterocycles. The third-order valence-corrected chi connectivity index (χ3v) is 4.41. The number of nitrogens with zero attached hydrogens (tertiary/aromatic N) is 2. The maximum Gasteiger partial charge on any atom is 0.266 e. The Hall–Kier alpha value is -3.66. The molecular weight excluding hydrogens is 336 g/mol. The maximum absolute atomic E-state index is 13.1. The Bertz CT molecular complexity index is 1190. The van der Waals surface area contributed by atoms with Crippen molar-refractivity contribution >= 4 is 23.1 Å². The number of phenols is 1. The first-order valence-corrected chi connectivity index (χ1v) is 8.68. The van der Waals surface area contributed by atoms with E-state index in [0.29, 0.717) is 16.7 Å². The summed E-state index contributed by atoms with van der Waals surface area (Å²) in [6.45, 7) is 2.01. The number of aromatic nitrogens is 2. The molecule has 4 rings (SSSR count). The highest BCUT2D eigenvalue weighted by Crippen LogP contribution is 2.17. The Morgan fingerprint density at radius 2 is 1.59 bits per heavy atom. The number of aryl methyl sites for hydroxylation is 1. The Morgan fingerprint density at radius 3 is 2.33 bits per heavy atom. The number of fused-ring (bicyclic) bond motifs is 1. The molecule has 4 aromatic rings. The van der Waals surface area contributed by atoms with Crippen LogP contribution in [0.3, 0.4) is 0 Å². The molecule has 0 atom stereocenters. The first-order valence-electron chi connectivity index (χ1n) is 8.68. The van der Waals surface area contributed by atoms with E-state index in [1.54, 1.807) is 34.9 Å². The normalized spacial score (nSPS) is 11.3. The van der Waals surface area contributed by atoms with Gasteiger partial charge in [0, 0.05) is 0 Å². The van der Waals surface area contributed by atoms with Crippen molar-refractivity contribution in [3.05, 3.63) is 100 Å². The lowest BCUT2D eigenvalue weighted by Crippen LogP contribution is -2.22. The van der Waals surface area contributed by atoms with E-state index in [-0.39, 0.29) is 11.3 Å². The lowest BCUT2D eigenvalue weighted by Gasteiger charge is -2.11. The second-order valence-corrected chi connectivity index (χ2v) is 6.39. The minimum atomic E-state index is -0.102. The van der Waals surface area contributed by atoms with E-state index >= 15 is 0 Å². The van der Waals surface area contributed by atoms with E-state index in [2.05, 4.69) is 0 Å². The number of hydrogen-bond donors (Lipinski definition) is 1. The van der Waals surface area contributed by atoms with Gasteiger partial charge in [-0.1, -0.05) is 48.0 Å². The Labute approximate surface area is 156 Å². The van der Waals surface area contributed by atoms with Crippen LogP contribution >= 0.6 is 0 Å². The zero-order valence-corrected chi connectivity index (χ0v) is 14.8. The molecule has 4 nitrogen and oxygen atoms in total. The van der Waals surface area contributed by atoms with Crippen molar-refractivity contribution in [2.24, 2.45) is 0 Å². The Kier molecular flexibility index (Phi) is 4.30. The van der Waals surface area contributed by atoms with Gasteiger partial charge in [-0.3, -0.25) is 9.36 Å². The molecular formula is C23H18N2O2. The average molecular weight is 354 g/mol. The van der Waals surface area contributed by atoms with Crippen molar-refractivity contribution in [2.45, 2.75) is 6.92 Å². The molecule has 0 spiro atoms. The van der Waals surface area contributed by atoms with Crippen molar-refractivity contribution < 1.29 is 5.11 Å². The van der Waals surface area contributed by atoms with Gasteiger partial charge in [0.25, 0.3) is 5.56 Å². The highest BCUT2D eigenvalue weighted by atomic mass is 16.3. The summed E-state index contributed by atoms with van der Waals surface area (Å²) in [7, 11) is 0. The molecule has 1 N–H and O–H groups in total. The number of para-hydroxylation sites is 1. The van der Waals surface area contributed by atoms with Crippen LogP contribution in [-0.4, -0.2) is 14.7 Å². The van der Waals surface area contributed by atoms with Crippen molar-refractivity contribution in [2.75, 3.05) is 0 Å². The summed E-state index contributed by atoms with van der Waals surface area (Å²) >= 11 is 0. The number of hydrogen-bond acceptors (Lipinski definition) is 3. The van der Waals surface area contributed by atoms with Gasteiger partial charge in [0.2, 0.25) is 0 Å². The van der Waals surface area contributed by atoms with Gasteiger partial charge in [0.15, 0.2) is 0 Å². The lowest BCUT2D eigenvalue weighted by molar-refractivity contribution is 0.475. The lowest BCUT2D eigenvalue weighted by atomic mass is 10.2. The van der Waals surface area contributed by atoms with E-state index in [9.17, 15) is 9.90 Å². The summed E-state index contributed by atoms with van der Waals surface area (Å²) < 4.78 is 1.62. The SMILES string of the molecule is Cc1ccc(-n2c(C=Cc3ccc(O)cc3)nc3ccccc3c2=O)cc1. The zero-order chi connectivity index (χ0) is 18.8. The number of phenolic OH excluding ortho intramolecular Hbond substituents is 1. The highest BCUT2D eigenvalue weighted by molar-refractivity contribution is 5.80. The van der Waals surface area contributed by atoms with E-state index in [1.165, 1.54) is 0 Å². The summed E-state index contributed by atoms with van der Waals surface area (Å²) in [5.41, 5.74) is 3.37. The molecule has 1 heterocycles. The molecule has 0 amide bonds. The van der Waals surface area contributed by atoms with Crippen molar-refractivity contribution in [3.63, 3.8) is 0 Å². The van der Waals surface area contributed by atoms with Crippen LogP contribution in [0.1, 0.15) is 17.0 Å². The van der Waals surface area contributed by atoms with Gasteiger partial charge in [0.1, 0.15) is 11.6 Å². The Morgan fingerprint density at radius 1 is 0.889 bits per heavy atom. The smallest absolute Gasteiger partial charge is 0.266 e. The van der Waals surface area contributed by atoms with Crippen LogP contribution in [0.4, 0.5) is 0 Å². The molecule has 1 aromatic heterocycles. The summed E-state index contributed by atoms with van der Waals surface area (Å²) in [4.78, 5) is 17.8. The molecule has 132 valence electrons. The number of aromatic hydroxyl groups is 1. The van der Waals surface area contributed by atoms with Gasteiger partial charge in [-0.05, 0) is 55.0 Å². The zero-order valence-electron chi connectivity index (χ0n) is 14.8. The van der Waals surface area contributed by atoms with Crippen molar-refractivity contribution in [3.8, 4) is 11.4 Å². The van der Waals surface area contributed by atoms with E-state index < -0.39 is 0 Å². The van der Waals surface area contributed by atoms with Gasteiger partial charge in [-0.15, -0.1) is 0 Å². The minimum Gasteiger partial charge on any atom is -0.508 e. The first kappa shape index (κ1) is 16.8. The van der Waals surface area contributed by atoms with Crippen LogP contribution in [0.5, 0.6) is 5.75 Å². The molecule has 27 heavy (non-hydrogen) atoms. The molecule has 0 radical (unpaired) electrons. The fourth-order valence-electron chi connectivity index (χ4n) is 2.96. The monoisotopic (exact) mass is 354 g/mol. The minimum absolute atomic E-state index is 0.102. The van der Waals surface area contributed by atoms with Gasteiger partial charge in [-0.25, -0.2) is 4.98 Å². The van der Waals surface area contributed by atoms with Crippen LogP contribution < -0.4 is 5.56 Å². The average Bonchev–Trinajstić information content (AvgIpc) is 2.69. The molecule has 0 fully saturated rings. The largest absolute Gasteiger partial charge is 0.508 e. The standard InChI is InChI=1S/C23H18N2O2/c1-16-6-11-18(12-7-16)25-22(15-10-17-8-13-19(26)14-9-17)24-21-5-3-2-4-20(21)23(25)27/h2-15,26H,1H3. The highest BCUT2D eigenvalue weighted by Gasteiger charge is 2.10. The molecule has 0 unspecified atom stereocenters. The molecule has 0 saturated heterocycles. The summed E-state index contributed by atoms with van der Waals surface area (Å²) in [5.74, 6) is 0.767. The fourth-order valence-corrected chi connectivity index (χ4v) is 2.96. The molecule has 0 saturated carbocycles. The molecule has 4 heteroatoms. The van der Waals surface area contributed by atoms with E-state index in [4.69, 9.17) is 4.98 Å². The van der Waals surface area contributed by atoms with Crippen LogP contribution in [0.25, 0.3) is 28.7 Å². The van der Waals surface area contributed by atoms with E-state index in [1.807, 2.05) is 61.5 Å². The van der Waals surface area contributed by atoms with Gasteiger partial charge in [-0.2, -0.15) is 0 Å². The topological polar surface area (TPSA) is 55.1 Å². The maximum atomic E-state index is 13.1. The second kappa shape index (κ2) is 6.92. The van der Waals surface area contributed by atoms with Gasteiger partial charge >= 0.3 is 0 Å². The van der Waals surface area contributed by atoms with E-state index in [0.717, 1.165) is 16.8 Å². The molecule has 0 aliphatic carbocycles. The fraction of sp³-hybridized carbons (Fsp3) is 0.0435.